The van der Waals surface area contributed by atoms with Gasteiger partial charge in [0.15, 0.2) is 0 Å². The number of thiophene rings is 1. The maximum Gasteiger partial charge on any atom is 0.246 e. The summed E-state index contributed by atoms with van der Waals surface area (Å²) in [7, 11) is -0.681. The normalized spacial score (nSPS) is 11.8. The van der Waals surface area contributed by atoms with Gasteiger partial charge in [-0.2, -0.15) is 4.31 Å². The Bertz CT molecular complexity index is 684. The van der Waals surface area contributed by atoms with E-state index in [0.717, 1.165) is 4.88 Å². The van der Waals surface area contributed by atoms with E-state index in [1.165, 1.54) is 35.9 Å². The highest BCUT2D eigenvalue weighted by atomic mass is 35.5. The van der Waals surface area contributed by atoms with E-state index in [-0.39, 0.29) is 10.6 Å². The van der Waals surface area contributed by atoms with Crippen molar-refractivity contribution in [2.45, 2.75) is 11.4 Å². The number of ether oxygens (including phenoxy) is 1. The molecule has 0 atom stereocenters. The summed E-state index contributed by atoms with van der Waals surface area (Å²) in [5.41, 5.74) is 0. The smallest absolute Gasteiger partial charge is 0.246 e. The molecule has 0 bridgehead atoms. The lowest BCUT2D eigenvalue weighted by Crippen LogP contribution is -2.26. The van der Waals surface area contributed by atoms with Crippen molar-refractivity contribution >= 4 is 33.0 Å². The Labute approximate surface area is 127 Å². The first-order valence-corrected chi connectivity index (χ1v) is 8.47. The SMILES string of the molecule is COc1ccc(Cl)cc1S(=O)(=O)N(C)Cc1cccs1. The minimum Gasteiger partial charge on any atom is -0.495 e. The Hall–Kier alpha value is -1.08. The molecule has 2 rings (SSSR count). The van der Waals surface area contributed by atoms with E-state index in [1.54, 1.807) is 12.1 Å². The largest absolute Gasteiger partial charge is 0.495 e. The predicted molar refractivity (Wildman–Crippen MR) is 81.0 cm³/mol. The van der Waals surface area contributed by atoms with Gasteiger partial charge in [0.25, 0.3) is 0 Å². The van der Waals surface area contributed by atoms with E-state index in [2.05, 4.69) is 0 Å². The Balaban J connectivity index is 2.36. The third-order valence-corrected chi connectivity index (χ3v) is 5.69. The molecule has 7 heteroatoms. The van der Waals surface area contributed by atoms with Crippen LogP contribution in [-0.2, 0) is 16.6 Å². The number of hydrogen-bond donors (Lipinski definition) is 0. The first-order valence-electron chi connectivity index (χ1n) is 5.77. The zero-order valence-corrected chi connectivity index (χ0v) is 13.4. The van der Waals surface area contributed by atoms with Crippen molar-refractivity contribution in [2.75, 3.05) is 14.2 Å². The topological polar surface area (TPSA) is 46.6 Å². The molecule has 0 aliphatic carbocycles. The highest BCUT2D eigenvalue weighted by molar-refractivity contribution is 7.89. The van der Waals surface area contributed by atoms with Gasteiger partial charge in [-0.1, -0.05) is 17.7 Å². The minimum atomic E-state index is -3.65. The summed E-state index contributed by atoms with van der Waals surface area (Å²) in [6.07, 6.45) is 0. The quantitative estimate of drug-likeness (QED) is 0.845. The molecule has 20 heavy (non-hydrogen) atoms. The number of nitrogens with zero attached hydrogens (tertiary/aromatic N) is 1. The van der Waals surface area contributed by atoms with Crippen molar-refractivity contribution in [2.24, 2.45) is 0 Å². The standard InChI is InChI=1S/C13H14ClNO3S2/c1-15(9-11-4-3-7-19-11)20(16,17)13-8-10(14)5-6-12(13)18-2/h3-8H,9H2,1-2H3. The molecule has 0 aliphatic rings. The monoisotopic (exact) mass is 331 g/mol. The van der Waals surface area contributed by atoms with Crippen molar-refractivity contribution in [3.05, 3.63) is 45.6 Å². The molecule has 1 heterocycles. The van der Waals surface area contributed by atoms with Crippen LogP contribution >= 0.6 is 22.9 Å². The van der Waals surface area contributed by atoms with Crippen molar-refractivity contribution < 1.29 is 13.2 Å². The highest BCUT2D eigenvalue weighted by Crippen LogP contribution is 2.30. The lowest BCUT2D eigenvalue weighted by atomic mass is 10.3. The Kier molecular flexibility index (Phi) is 4.70. The van der Waals surface area contributed by atoms with Crippen molar-refractivity contribution in [1.29, 1.82) is 0 Å². The summed E-state index contributed by atoms with van der Waals surface area (Å²) >= 11 is 7.40. The van der Waals surface area contributed by atoms with Crippen LogP contribution in [0.4, 0.5) is 0 Å². The molecule has 108 valence electrons. The molecule has 0 saturated heterocycles. The molecule has 0 N–H and O–H groups in total. The van der Waals surface area contributed by atoms with E-state index in [4.69, 9.17) is 16.3 Å². The van der Waals surface area contributed by atoms with E-state index >= 15 is 0 Å². The summed E-state index contributed by atoms with van der Waals surface area (Å²) < 4.78 is 31.6. The van der Waals surface area contributed by atoms with Gasteiger partial charge in [0, 0.05) is 23.5 Å². The van der Waals surface area contributed by atoms with Gasteiger partial charge in [-0.05, 0) is 29.6 Å². The fraction of sp³-hybridized carbons (Fsp3) is 0.231. The van der Waals surface area contributed by atoms with Gasteiger partial charge in [0.2, 0.25) is 10.0 Å². The lowest BCUT2D eigenvalue weighted by Gasteiger charge is -2.18. The highest BCUT2D eigenvalue weighted by Gasteiger charge is 2.25. The molecule has 0 saturated carbocycles. The molecule has 1 aromatic heterocycles. The minimum absolute atomic E-state index is 0.0755. The first-order chi connectivity index (χ1) is 9.45. The van der Waals surface area contributed by atoms with Crippen LogP contribution in [-0.4, -0.2) is 26.9 Å². The third-order valence-electron chi connectivity index (χ3n) is 2.77. The second-order valence-corrected chi connectivity index (χ2v) is 7.62. The number of sulfonamides is 1. The fourth-order valence-electron chi connectivity index (χ4n) is 1.73. The molecular formula is C13H14ClNO3S2. The molecule has 0 fully saturated rings. The molecule has 0 aliphatic heterocycles. The van der Waals surface area contributed by atoms with Crippen LogP contribution in [0, 0.1) is 0 Å². The zero-order valence-electron chi connectivity index (χ0n) is 11.0. The Morgan fingerprint density at radius 2 is 2.10 bits per heavy atom. The number of hydrogen-bond acceptors (Lipinski definition) is 4. The number of rotatable bonds is 5. The van der Waals surface area contributed by atoms with Gasteiger partial charge in [-0.3, -0.25) is 0 Å². The molecule has 1 aromatic carbocycles. The van der Waals surface area contributed by atoms with E-state index < -0.39 is 10.0 Å². The lowest BCUT2D eigenvalue weighted by molar-refractivity contribution is 0.398. The van der Waals surface area contributed by atoms with Crippen molar-refractivity contribution in [1.82, 2.24) is 4.31 Å². The van der Waals surface area contributed by atoms with Crippen LogP contribution in [0.3, 0.4) is 0 Å². The molecule has 0 spiro atoms. The van der Waals surface area contributed by atoms with Gasteiger partial charge in [-0.15, -0.1) is 11.3 Å². The summed E-state index contributed by atoms with van der Waals surface area (Å²) in [5.74, 6) is 0.285. The number of benzene rings is 1. The Morgan fingerprint density at radius 1 is 1.35 bits per heavy atom. The van der Waals surface area contributed by atoms with Crippen LogP contribution in [0.5, 0.6) is 5.75 Å². The van der Waals surface area contributed by atoms with E-state index in [1.807, 2.05) is 17.5 Å². The summed E-state index contributed by atoms with van der Waals surface area (Å²) in [6.45, 7) is 0.315. The molecule has 0 unspecified atom stereocenters. The van der Waals surface area contributed by atoms with Gasteiger partial charge < -0.3 is 4.74 Å². The van der Waals surface area contributed by atoms with Gasteiger partial charge >= 0.3 is 0 Å². The maximum absolute atomic E-state index is 12.6. The average molecular weight is 332 g/mol. The van der Waals surface area contributed by atoms with Crippen LogP contribution in [0.25, 0.3) is 0 Å². The molecule has 2 aromatic rings. The summed E-state index contributed by atoms with van der Waals surface area (Å²) in [6, 6.07) is 8.33. The molecule has 0 radical (unpaired) electrons. The third kappa shape index (κ3) is 3.15. The second kappa shape index (κ2) is 6.13. The molecule has 0 amide bonds. The van der Waals surface area contributed by atoms with Crippen LogP contribution in [0.2, 0.25) is 5.02 Å². The van der Waals surface area contributed by atoms with E-state index in [9.17, 15) is 8.42 Å². The Morgan fingerprint density at radius 3 is 2.70 bits per heavy atom. The number of halogens is 1. The van der Waals surface area contributed by atoms with Crippen LogP contribution < -0.4 is 4.74 Å². The van der Waals surface area contributed by atoms with Crippen LogP contribution in [0.15, 0.2) is 40.6 Å². The zero-order chi connectivity index (χ0) is 14.8. The predicted octanol–water partition coefficient (Wildman–Crippen LogP) is 3.23. The first kappa shape index (κ1) is 15.3. The molecular weight excluding hydrogens is 318 g/mol. The van der Waals surface area contributed by atoms with Crippen LogP contribution in [0.1, 0.15) is 4.88 Å². The van der Waals surface area contributed by atoms with E-state index in [0.29, 0.717) is 11.6 Å². The van der Waals surface area contributed by atoms with Gasteiger partial charge in [0.05, 0.1) is 7.11 Å². The fourth-order valence-corrected chi connectivity index (χ4v) is 4.13. The van der Waals surface area contributed by atoms with Crippen molar-refractivity contribution in [3.63, 3.8) is 0 Å². The van der Waals surface area contributed by atoms with Crippen molar-refractivity contribution in [3.8, 4) is 5.75 Å². The average Bonchev–Trinajstić information content (AvgIpc) is 2.91. The summed E-state index contributed by atoms with van der Waals surface area (Å²) in [4.78, 5) is 1.05. The maximum atomic E-state index is 12.6. The van der Waals surface area contributed by atoms with Gasteiger partial charge in [-0.25, -0.2) is 8.42 Å². The number of methoxy groups -OCH3 is 1. The molecule has 4 nitrogen and oxygen atoms in total. The second-order valence-electron chi connectivity index (χ2n) is 4.14. The van der Waals surface area contributed by atoms with Gasteiger partial charge in [0.1, 0.15) is 10.6 Å². The summed E-state index contributed by atoms with van der Waals surface area (Å²) in [5, 5.41) is 2.27.